The van der Waals surface area contributed by atoms with E-state index in [0.29, 0.717) is 19.2 Å². The minimum atomic E-state index is 0.541. The maximum Gasteiger partial charge on any atom is 0.229 e. The third kappa shape index (κ3) is 5.69. The highest BCUT2D eigenvalue weighted by Crippen LogP contribution is 2.24. The highest BCUT2D eigenvalue weighted by Gasteiger charge is 2.07. The van der Waals surface area contributed by atoms with Crippen LogP contribution in [0, 0.1) is 0 Å². The van der Waals surface area contributed by atoms with Gasteiger partial charge in [-0.2, -0.15) is 4.98 Å². The molecule has 6 heteroatoms. The quantitative estimate of drug-likeness (QED) is 0.497. The first-order chi connectivity index (χ1) is 13.8. The van der Waals surface area contributed by atoms with Gasteiger partial charge in [-0.3, -0.25) is 0 Å². The van der Waals surface area contributed by atoms with Crippen molar-refractivity contribution in [1.82, 2.24) is 9.97 Å². The van der Waals surface area contributed by atoms with E-state index in [4.69, 9.17) is 9.47 Å². The fraction of sp³-hybridized carbons (Fsp3) is 0.273. The SMILES string of the molecule is CCOc1ccc(Nc2nc(NCCCOC)cc(-c3ccccc3)n2)cc1. The van der Waals surface area contributed by atoms with Crippen LogP contribution >= 0.6 is 0 Å². The van der Waals surface area contributed by atoms with Gasteiger partial charge >= 0.3 is 0 Å². The lowest BCUT2D eigenvalue weighted by molar-refractivity contribution is 0.198. The van der Waals surface area contributed by atoms with Gasteiger partial charge in [0.05, 0.1) is 12.3 Å². The Hall–Kier alpha value is -3.12. The summed E-state index contributed by atoms with van der Waals surface area (Å²) < 4.78 is 10.6. The maximum atomic E-state index is 5.49. The first-order valence-corrected chi connectivity index (χ1v) is 9.45. The number of ether oxygens (including phenoxy) is 2. The summed E-state index contributed by atoms with van der Waals surface area (Å²) in [6.45, 7) is 4.10. The molecule has 0 aliphatic heterocycles. The number of anilines is 3. The molecule has 0 aliphatic carbocycles. The van der Waals surface area contributed by atoms with Crippen LogP contribution in [0.25, 0.3) is 11.3 Å². The molecule has 0 atom stereocenters. The van der Waals surface area contributed by atoms with Gasteiger partial charge in [0.15, 0.2) is 0 Å². The van der Waals surface area contributed by atoms with Crippen LogP contribution in [0.4, 0.5) is 17.5 Å². The van der Waals surface area contributed by atoms with Crippen molar-refractivity contribution in [3.63, 3.8) is 0 Å². The maximum absolute atomic E-state index is 5.49. The Morgan fingerprint density at radius 1 is 0.964 bits per heavy atom. The Kier molecular flexibility index (Phi) is 7.21. The van der Waals surface area contributed by atoms with E-state index in [1.807, 2.05) is 67.6 Å². The lowest BCUT2D eigenvalue weighted by atomic mass is 10.1. The molecule has 1 heterocycles. The predicted octanol–water partition coefficient (Wildman–Crippen LogP) is 4.73. The molecular formula is C22H26N4O2. The Bertz CT molecular complexity index is 854. The fourth-order valence-corrected chi connectivity index (χ4v) is 2.71. The highest BCUT2D eigenvalue weighted by atomic mass is 16.5. The van der Waals surface area contributed by atoms with E-state index in [1.165, 1.54) is 0 Å². The number of nitrogens with zero attached hydrogens (tertiary/aromatic N) is 2. The van der Waals surface area contributed by atoms with Crippen LogP contribution in [-0.2, 0) is 4.74 Å². The largest absolute Gasteiger partial charge is 0.494 e. The topological polar surface area (TPSA) is 68.3 Å². The average molecular weight is 378 g/mol. The molecule has 0 amide bonds. The van der Waals surface area contributed by atoms with E-state index in [1.54, 1.807) is 7.11 Å². The molecule has 0 spiro atoms. The van der Waals surface area contributed by atoms with Crippen molar-refractivity contribution in [1.29, 1.82) is 0 Å². The van der Waals surface area contributed by atoms with Crippen LogP contribution in [-0.4, -0.2) is 36.8 Å². The third-order valence-corrected chi connectivity index (χ3v) is 4.05. The van der Waals surface area contributed by atoms with Crippen LogP contribution in [0.1, 0.15) is 13.3 Å². The summed E-state index contributed by atoms with van der Waals surface area (Å²) in [7, 11) is 1.71. The van der Waals surface area contributed by atoms with Gasteiger partial charge in [0, 0.05) is 37.6 Å². The van der Waals surface area contributed by atoms with Crippen LogP contribution < -0.4 is 15.4 Å². The third-order valence-electron chi connectivity index (χ3n) is 4.05. The molecule has 0 saturated carbocycles. The number of benzene rings is 2. The first kappa shape index (κ1) is 19.6. The summed E-state index contributed by atoms with van der Waals surface area (Å²) in [6, 6.07) is 19.8. The van der Waals surface area contributed by atoms with Gasteiger partial charge in [0.25, 0.3) is 0 Å². The molecule has 3 aromatic rings. The standard InChI is InChI=1S/C22H26N4O2/c1-3-28-19-12-10-18(11-13-19)24-22-25-20(17-8-5-4-6-9-17)16-21(26-22)23-14-7-15-27-2/h4-6,8-13,16H,3,7,14-15H2,1-2H3,(H2,23,24,25,26). The van der Waals surface area contributed by atoms with Crippen LogP contribution in [0.3, 0.4) is 0 Å². The smallest absolute Gasteiger partial charge is 0.229 e. The highest BCUT2D eigenvalue weighted by molar-refractivity contribution is 5.66. The van der Waals surface area contributed by atoms with Gasteiger partial charge in [-0.05, 0) is 37.6 Å². The molecule has 28 heavy (non-hydrogen) atoms. The van der Waals surface area contributed by atoms with Crippen molar-refractivity contribution in [3.8, 4) is 17.0 Å². The predicted molar refractivity (Wildman–Crippen MR) is 113 cm³/mol. The van der Waals surface area contributed by atoms with Gasteiger partial charge in [-0.15, -0.1) is 0 Å². The molecule has 0 radical (unpaired) electrons. The molecule has 2 N–H and O–H groups in total. The molecule has 0 unspecified atom stereocenters. The normalized spacial score (nSPS) is 10.5. The fourth-order valence-electron chi connectivity index (χ4n) is 2.71. The van der Waals surface area contributed by atoms with Crippen LogP contribution in [0.2, 0.25) is 0 Å². The van der Waals surface area contributed by atoms with Crippen molar-refractivity contribution in [2.45, 2.75) is 13.3 Å². The first-order valence-electron chi connectivity index (χ1n) is 9.45. The Balaban J connectivity index is 1.81. The molecule has 146 valence electrons. The molecule has 3 rings (SSSR count). The van der Waals surface area contributed by atoms with E-state index in [9.17, 15) is 0 Å². The minimum absolute atomic E-state index is 0.541. The van der Waals surface area contributed by atoms with Crippen molar-refractivity contribution in [2.75, 3.05) is 37.5 Å². The molecule has 0 fully saturated rings. The number of hydrogen-bond acceptors (Lipinski definition) is 6. The molecule has 0 saturated heterocycles. The van der Waals surface area contributed by atoms with Crippen molar-refractivity contribution < 1.29 is 9.47 Å². The Labute approximate surface area is 166 Å². The second kappa shape index (κ2) is 10.3. The number of hydrogen-bond donors (Lipinski definition) is 2. The van der Waals surface area contributed by atoms with E-state index < -0.39 is 0 Å². The summed E-state index contributed by atoms with van der Waals surface area (Å²) in [4.78, 5) is 9.29. The Morgan fingerprint density at radius 2 is 1.75 bits per heavy atom. The second-order valence-corrected chi connectivity index (χ2v) is 6.18. The summed E-state index contributed by atoms with van der Waals surface area (Å²) in [5, 5.41) is 6.63. The van der Waals surface area contributed by atoms with Gasteiger partial charge in [-0.25, -0.2) is 4.98 Å². The molecule has 6 nitrogen and oxygen atoms in total. The molecule has 1 aromatic heterocycles. The van der Waals surface area contributed by atoms with Gasteiger partial charge in [-0.1, -0.05) is 30.3 Å². The molecule has 0 bridgehead atoms. The molecule has 0 aliphatic rings. The van der Waals surface area contributed by atoms with Crippen molar-refractivity contribution in [2.24, 2.45) is 0 Å². The molecular weight excluding hydrogens is 352 g/mol. The second-order valence-electron chi connectivity index (χ2n) is 6.18. The average Bonchev–Trinajstić information content (AvgIpc) is 2.73. The zero-order valence-electron chi connectivity index (χ0n) is 16.3. The van der Waals surface area contributed by atoms with E-state index in [0.717, 1.165) is 41.5 Å². The summed E-state index contributed by atoms with van der Waals surface area (Å²) >= 11 is 0. The number of nitrogens with one attached hydrogen (secondary N) is 2. The zero-order chi connectivity index (χ0) is 19.6. The molecule has 2 aromatic carbocycles. The van der Waals surface area contributed by atoms with Gasteiger partial charge < -0.3 is 20.1 Å². The van der Waals surface area contributed by atoms with Crippen molar-refractivity contribution >= 4 is 17.5 Å². The van der Waals surface area contributed by atoms with Crippen LogP contribution in [0.5, 0.6) is 5.75 Å². The lowest BCUT2D eigenvalue weighted by Gasteiger charge is -2.12. The Morgan fingerprint density at radius 3 is 2.46 bits per heavy atom. The lowest BCUT2D eigenvalue weighted by Crippen LogP contribution is -2.08. The van der Waals surface area contributed by atoms with E-state index in [2.05, 4.69) is 20.6 Å². The van der Waals surface area contributed by atoms with Crippen molar-refractivity contribution in [3.05, 3.63) is 60.7 Å². The monoisotopic (exact) mass is 378 g/mol. The van der Waals surface area contributed by atoms with E-state index >= 15 is 0 Å². The summed E-state index contributed by atoms with van der Waals surface area (Å²) in [6.07, 6.45) is 0.906. The van der Waals surface area contributed by atoms with Gasteiger partial charge in [0.2, 0.25) is 5.95 Å². The van der Waals surface area contributed by atoms with Crippen LogP contribution in [0.15, 0.2) is 60.7 Å². The summed E-state index contributed by atoms with van der Waals surface area (Å²) in [5.74, 6) is 2.16. The number of rotatable bonds is 10. The summed E-state index contributed by atoms with van der Waals surface area (Å²) in [5.41, 5.74) is 2.80. The zero-order valence-corrected chi connectivity index (χ0v) is 16.3. The number of methoxy groups -OCH3 is 1. The van der Waals surface area contributed by atoms with E-state index in [-0.39, 0.29) is 0 Å². The van der Waals surface area contributed by atoms with Gasteiger partial charge in [0.1, 0.15) is 11.6 Å². The number of aromatic nitrogens is 2. The minimum Gasteiger partial charge on any atom is -0.494 e.